The minimum Gasteiger partial charge on any atom is -0.496 e. The summed E-state index contributed by atoms with van der Waals surface area (Å²) < 4.78 is 9.66. The van der Waals surface area contributed by atoms with E-state index in [0.717, 1.165) is 13.2 Å². The Morgan fingerprint density at radius 1 is 1.25 bits per heavy atom. The average Bonchev–Trinajstić information content (AvgIpc) is 2.31. The van der Waals surface area contributed by atoms with Gasteiger partial charge in [-0.2, -0.15) is 0 Å². The first-order valence-corrected chi connectivity index (χ1v) is 5.11. The molecule has 0 bridgehead atoms. The number of benzene rings is 1. The number of carbonyl (C=O) groups is 1. The van der Waals surface area contributed by atoms with Crippen LogP contribution < -0.4 is 4.74 Å². The number of para-hydroxylation sites is 1. The van der Waals surface area contributed by atoms with Crippen LogP contribution in [-0.2, 0) is 4.74 Å². The Bertz CT molecular complexity index is 308. The van der Waals surface area contributed by atoms with Crippen molar-refractivity contribution in [1.29, 1.82) is 0 Å². The van der Waals surface area contributed by atoms with Crippen LogP contribution in [0.3, 0.4) is 0 Å². The fraction of sp³-hybridized carbons (Fsp3) is 0.417. The summed E-state index contributed by atoms with van der Waals surface area (Å²) in [7, 11) is 1.45. The van der Waals surface area contributed by atoms with Crippen LogP contribution in [-0.4, -0.2) is 31.4 Å². The molecule has 90 valence electrons. The zero-order valence-corrected chi connectivity index (χ0v) is 9.90. The van der Waals surface area contributed by atoms with Crippen molar-refractivity contribution in [2.24, 2.45) is 0 Å². The summed E-state index contributed by atoms with van der Waals surface area (Å²) in [5.41, 5.74) is 0.190. The molecule has 0 aliphatic carbocycles. The van der Waals surface area contributed by atoms with Crippen molar-refractivity contribution in [3.05, 3.63) is 29.8 Å². The van der Waals surface area contributed by atoms with Gasteiger partial charge in [0.05, 0.1) is 7.11 Å². The Kier molecular flexibility index (Phi) is 7.89. The predicted molar refractivity (Wildman–Crippen MR) is 62.1 cm³/mol. The van der Waals surface area contributed by atoms with Crippen molar-refractivity contribution in [3.63, 3.8) is 0 Å². The van der Waals surface area contributed by atoms with Gasteiger partial charge in [0.2, 0.25) is 0 Å². The molecular weight excluding hydrogens is 208 g/mol. The van der Waals surface area contributed by atoms with E-state index >= 15 is 0 Å². The third-order valence-corrected chi connectivity index (χ3v) is 1.75. The van der Waals surface area contributed by atoms with Gasteiger partial charge in [0.1, 0.15) is 11.3 Å². The van der Waals surface area contributed by atoms with Crippen LogP contribution >= 0.6 is 0 Å². The van der Waals surface area contributed by atoms with Crippen molar-refractivity contribution in [2.45, 2.75) is 13.8 Å². The first-order valence-electron chi connectivity index (χ1n) is 5.11. The molecule has 0 heterocycles. The number of rotatable bonds is 4. The second kappa shape index (κ2) is 8.73. The first kappa shape index (κ1) is 14.5. The maximum Gasteiger partial charge on any atom is 0.339 e. The Balaban J connectivity index is 0.000000385. The number of hydrogen-bond acceptors (Lipinski definition) is 3. The third-order valence-electron chi connectivity index (χ3n) is 1.75. The highest BCUT2D eigenvalue weighted by Gasteiger charge is 2.07. The molecule has 0 fully saturated rings. The zero-order chi connectivity index (χ0) is 12.4. The Hall–Kier alpha value is -1.55. The van der Waals surface area contributed by atoms with E-state index < -0.39 is 5.97 Å². The Morgan fingerprint density at radius 3 is 2.12 bits per heavy atom. The predicted octanol–water partition coefficient (Wildman–Crippen LogP) is 2.44. The highest BCUT2D eigenvalue weighted by Crippen LogP contribution is 2.16. The molecular formula is C12H18O4. The molecule has 1 N–H and O–H groups in total. The minimum atomic E-state index is -0.970. The first-order chi connectivity index (χ1) is 7.67. The van der Waals surface area contributed by atoms with E-state index in [9.17, 15) is 4.79 Å². The number of carboxylic acids is 1. The number of aromatic carboxylic acids is 1. The van der Waals surface area contributed by atoms with Crippen LogP contribution in [0.4, 0.5) is 0 Å². The molecule has 0 spiro atoms. The van der Waals surface area contributed by atoms with E-state index in [-0.39, 0.29) is 5.56 Å². The summed E-state index contributed by atoms with van der Waals surface area (Å²) >= 11 is 0. The molecule has 0 amide bonds. The summed E-state index contributed by atoms with van der Waals surface area (Å²) in [4.78, 5) is 10.5. The molecule has 4 heteroatoms. The molecule has 0 aliphatic heterocycles. The van der Waals surface area contributed by atoms with Gasteiger partial charge in [-0.25, -0.2) is 4.79 Å². The molecule has 4 nitrogen and oxygen atoms in total. The number of methoxy groups -OCH3 is 1. The normalized spacial score (nSPS) is 8.94. The standard InChI is InChI=1S/C8H8O3.C4H10O/c1-11-7-5-3-2-4-6(7)8(9)10;1-3-5-4-2/h2-5H,1H3,(H,9,10);3-4H2,1-2H3. The second-order valence-electron chi connectivity index (χ2n) is 2.79. The molecule has 0 saturated carbocycles. The average molecular weight is 226 g/mol. The lowest BCUT2D eigenvalue weighted by atomic mass is 10.2. The SMILES string of the molecule is CCOCC.COc1ccccc1C(=O)O. The van der Waals surface area contributed by atoms with Crippen molar-refractivity contribution in [3.8, 4) is 5.75 Å². The molecule has 0 atom stereocenters. The molecule has 1 rings (SSSR count). The van der Waals surface area contributed by atoms with Gasteiger partial charge in [-0.15, -0.1) is 0 Å². The zero-order valence-electron chi connectivity index (χ0n) is 9.90. The highest BCUT2D eigenvalue weighted by atomic mass is 16.5. The van der Waals surface area contributed by atoms with E-state index in [1.165, 1.54) is 13.2 Å². The van der Waals surface area contributed by atoms with Crippen molar-refractivity contribution >= 4 is 5.97 Å². The maximum atomic E-state index is 10.5. The van der Waals surface area contributed by atoms with Gasteiger partial charge in [-0.05, 0) is 26.0 Å². The van der Waals surface area contributed by atoms with Gasteiger partial charge in [-0.1, -0.05) is 12.1 Å². The van der Waals surface area contributed by atoms with Gasteiger partial charge in [0.25, 0.3) is 0 Å². The molecule has 16 heavy (non-hydrogen) atoms. The minimum absolute atomic E-state index is 0.190. The number of ether oxygens (including phenoxy) is 2. The third kappa shape index (κ3) is 5.36. The topological polar surface area (TPSA) is 55.8 Å². The Morgan fingerprint density at radius 2 is 1.81 bits per heavy atom. The molecule has 0 saturated heterocycles. The summed E-state index contributed by atoms with van der Waals surface area (Å²) in [6, 6.07) is 6.50. The maximum absolute atomic E-state index is 10.5. The van der Waals surface area contributed by atoms with Crippen molar-refractivity contribution < 1.29 is 19.4 Å². The van der Waals surface area contributed by atoms with Crippen LogP contribution in [0.15, 0.2) is 24.3 Å². The largest absolute Gasteiger partial charge is 0.496 e. The fourth-order valence-corrected chi connectivity index (χ4v) is 1.03. The lowest BCUT2D eigenvalue weighted by Crippen LogP contribution is -1.99. The van der Waals surface area contributed by atoms with Gasteiger partial charge in [-0.3, -0.25) is 0 Å². The smallest absolute Gasteiger partial charge is 0.339 e. The van der Waals surface area contributed by atoms with E-state index in [1.807, 2.05) is 13.8 Å². The summed E-state index contributed by atoms with van der Waals surface area (Å²) in [5.74, 6) is -0.581. The summed E-state index contributed by atoms with van der Waals surface area (Å²) in [6.07, 6.45) is 0. The van der Waals surface area contributed by atoms with Gasteiger partial charge >= 0.3 is 5.97 Å². The van der Waals surface area contributed by atoms with Crippen molar-refractivity contribution in [2.75, 3.05) is 20.3 Å². The molecule has 0 radical (unpaired) electrons. The summed E-state index contributed by atoms with van der Waals surface area (Å²) in [6.45, 7) is 5.67. The monoisotopic (exact) mass is 226 g/mol. The van der Waals surface area contributed by atoms with E-state index in [1.54, 1.807) is 18.2 Å². The van der Waals surface area contributed by atoms with E-state index in [2.05, 4.69) is 0 Å². The lowest BCUT2D eigenvalue weighted by Gasteiger charge is -2.01. The number of hydrogen-bond donors (Lipinski definition) is 1. The van der Waals surface area contributed by atoms with Crippen LogP contribution in [0.1, 0.15) is 24.2 Å². The molecule has 0 aliphatic rings. The molecule has 0 unspecified atom stereocenters. The lowest BCUT2D eigenvalue weighted by molar-refractivity contribution is 0.0693. The number of carboxylic acid groups (broad SMARTS) is 1. The van der Waals surface area contributed by atoms with Crippen LogP contribution in [0.25, 0.3) is 0 Å². The molecule has 0 aromatic heterocycles. The van der Waals surface area contributed by atoms with E-state index in [4.69, 9.17) is 14.6 Å². The highest BCUT2D eigenvalue weighted by molar-refractivity contribution is 5.90. The van der Waals surface area contributed by atoms with Crippen LogP contribution in [0.2, 0.25) is 0 Å². The quantitative estimate of drug-likeness (QED) is 0.856. The van der Waals surface area contributed by atoms with Gasteiger partial charge in [0, 0.05) is 13.2 Å². The van der Waals surface area contributed by atoms with Crippen LogP contribution in [0, 0.1) is 0 Å². The fourth-order valence-electron chi connectivity index (χ4n) is 1.03. The van der Waals surface area contributed by atoms with Gasteiger partial charge < -0.3 is 14.6 Å². The molecule has 1 aromatic rings. The van der Waals surface area contributed by atoms with Crippen molar-refractivity contribution in [1.82, 2.24) is 0 Å². The van der Waals surface area contributed by atoms with E-state index in [0.29, 0.717) is 5.75 Å². The Labute approximate surface area is 95.8 Å². The summed E-state index contributed by atoms with van der Waals surface area (Å²) in [5, 5.41) is 8.62. The molecule has 1 aromatic carbocycles. The second-order valence-corrected chi connectivity index (χ2v) is 2.79. The van der Waals surface area contributed by atoms with Crippen LogP contribution in [0.5, 0.6) is 5.75 Å². The van der Waals surface area contributed by atoms with Gasteiger partial charge in [0.15, 0.2) is 0 Å².